The molecule has 0 radical (unpaired) electrons. The summed E-state index contributed by atoms with van der Waals surface area (Å²) in [7, 11) is 0. The minimum atomic E-state index is 0.338. The van der Waals surface area contributed by atoms with E-state index in [2.05, 4.69) is 18.6 Å². The summed E-state index contributed by atoms with van der Waals surface area (Å²) in [6.07, 6.45) is 0.338. The Morgan fingerprint density at radius 1 is 1.33 bits per heavy atom. The molecule has 1 aromatic carbocycles. The molecule has 1 nitrogen and oxygen atoms in total. The predicted molar refractivity (Wildman–Crippen MR) is 53.0 cm³/mol. The number of aromatic hydroxyl groups is 1. The Balaban J connectivity index is 2.86. The van der Waals surface area contributed by atoms with E-state index in [0.29, 0.717) is 6.10 Å². The summed E-state index contributed by atoms with van der Waals surface area (Å²) < 4.78 is 4.44. The molecule has 0 aliphatic carbocycles. The number of ether oxygens (including phenoxy) is 1. The lowest BCUT2D eigenvalue weighted by Crippen LogP contribution is -2.02. The van der Waals surface area contributed by atoms with E-state index >= 15 is 0 Å². The maximum Gasteiger partial charge on any atom is 0.257 e. The minimum absolute atomic E-state index is 0.338. The average molecular weight is 186 g/mol. The Bertz CT molecular complexity index is 269. The number of aliphatic hydroxyl groups is 1. The van der Waals surface area contributed by atoms with E-state index in [4.69, 9.17) is 11.6 Å². The standard InChI is InChI=1S/C10H13ClO/c1-7(2)12-10-5-4-9(11)6-8(10)3/h4-7H,1-3H3/p+1. The zero-order valence-corrected chi connectivity index (χ0v) is 8.39. The third-order valence-electron chi connectivity index (χ3n) is 1.56. The second-order valence-corrected chi connectivity index (χ2v) is 3.59. The maximum absolute atomic E-state index is 5.81. The van der Waals surface area contributed by atoms with Crippen LogP contribution in [0.25, 0.3) is 0 Å². The molecule has 0 atom stereocenters. The fourth-order valence-electron chi connectivity index (χ4n) is 1.04. The monoisotopic (exact) mass is 185 g/mol. The molecule has 12 heavy (non-hydrogen) atoms. The van der Waals surface area contributed by atoms with Crippen molar-refractivity contribution in [1.82, 2.24) is 0 Å². The van der Waals surface area contributed by atoms with E-state index in [9.17, 15) is 0 Å². The van der Waals surface area contributed by atoms with Crippen LogP contribution in [0, 0.1) is 6.92 Å². The lowest BCUT2D eigenvalue weighted by atomic mass is 10.2. The Morgan fingerprint density at radius 3 is 2.50 bits per heavy atom. The fourth-order valence-corrected chi connectivity index (χ4v) is 1.27. The third-order valence-corrected chi connectivity index (χ3v) is 1.79. The summed E-state index contributed by atoms with van der Waals surface area (Å²) in [5.41, 5.74) is 1.14. The molecule has 0 saturated carbocycles. The van der Waals surface area contributed by atoms with Crippen LogP contribution >= 0.6 is 11.6 Å². The quantitative estimate of drug-likeness (QED) is 0.628. The smallest absolute Gasteiger partial charge is 0.257 e. The van der Waals surface area contributed by atoms with Gasteiger partial charge in [0, 0.05) is 30.5 Å². The van der Waals surface area contributed by atoms with Crippen molar-refractivity contribution in [1.29, 1.82) is 0 Å². The molecule has 0 heterocycles. The summed E-state index contributed by atoms with van der Waals surface area (Å²) in [5.74, 6) is 1.04. The molecule has 0 aliphatic rings. The SMILES string of the molecule is Cc1cc(Cl)ccc1[OH+]C(C)C. The second-order valence-electron chi connectivity index (χ2n) is 3.15. The molecule has 0 saturated heterocycles. The number of rotatable bonds is 2. The molecular formula is C10H14ClO+. The molecule has 2 heteroatoms. The van der Waals surface area contributed by atoms with Gasteiger partial charge < -0.3 is 4.74 Å². The van der Waals surface area contributed by atoms with E-state index in [-0.39, 0.29) is 0 Å². The number of benzene rings is 1. The van der Waals surface area contributed by atoms with Crippen molar-refractivity contribution in [2.75, 3.05) is 0 Å². The van der Waals surface area contributed by atoms with Crippen LogP contribution in [0.15, 0.2) is 18.2 Å². The highest BCUT2D eigenvalue weighted by atomic mass is 35.5. The Hall–Kier alpha value is -0.690. The van der Waals surface area contributed by atoms with Crippen LogP contribution in [0.5, 0.6) is 5.75 Å². The van der Waals surface area contributed by atoms with Gasteiger partial charge in [-0.1, -0.05) is 11.6 Å². The van der Waals surface area contributed by atoms with Gasteiger partial charge in [0.2, 0.25) is 0 Å². The zero-order chi connectivity index (χ0) is 9.14. The number of halogens is 1. The van der Waals surface area contributed by atoms with Gasteiger partial charge in [0.25, 0.3) is 5.75 Å². The van der Waals surface area contributed by atoms with Gasteiger partial charge in [0.15, 0.2) is 6.10 Å². The van der Waals surface area contributed by atoms with Gasteiger partial charge in [-0.05, 0) is 19.1 Å². The molecule has 1 N–H and O–H groups in total. The third kappa shape index (κ3) is 2.42. The van der Waals surface area contributed by atoms with E-state index in [1.807, 2.05) is 25.1 Å². The van der Waals surface area contributed by atoms with Crippen molar-refractivity contribution in [3.63, 3.8) is 0 Å². The van der Waals surface area contributed by atoms with Crippen LogP contribution in [-0.4, -0.2) is 10.8 Å². The number of aryl methyl sites for hydroxylation is 1. The highest BCUT2D eigenvalue weighted by molar-refractivity contribution is 6.30. The van der Waals surface area contributed by atoms with Crippen LogP contribution in [0.2, 0.25) is 5.02 Å². The molecule has 0 fully saturated rings. The Kier molecular flexibility index (Phi) is 2.99. The summed E-state index contributed by atoms with van der Waals surface area (Å²) in [5, 5.41) is 0.773. The summed E-state index contributed by atoms with van der Waals surface area (Å²) in [4.78, 5) is 0. The maximum atomic E-state index is 5.81. The normalized spacial score (nSPS) is 10.4. The first kappa shape index (κ1) is 9.40. The van der Waals surface area contributed by atoms with Gasteiger partial charge in [-0.2, -0.15) is 0 Å². The fraction of sp³-hybridized carbons (Fsp3) is 0.400. The highest BCUT2D eigenvalue weighted by Gasteiger charge is 2.06. The predicted octanol–water partition coefficient (Wildman–Crippen LogP) is 3.30. The van der Waals surface area contributed by atoms with Gasteiger partial charge in [-0.15, -0.1) is 0 Å². The first-order chi connectivity index (χ1) is 5.59. The number of hydrogen-bond acceptors (Lipinski definition) is 0. The Morgan fingerprint density at radius 2 is 2.00 bits per heavy atom. The van der Waals surface area contributed by atoms with Crippen LogP contribution in [0.4, 0.5) is 0 Å². The minimum Gasteiger partial charge on any atom is -0.581 e. The van der Waals surface area contributed by atoms with E-state index in [0.717, 1.165) is 16.3 Å². The molecular weight excluding hydrogens is 172 g/mol. The van der Waals surface area contributed by atoms with Gasteiger partial charge >= 0.3 is 0 Å². The molecule has 66 valence electrons. The summed E-state index contributed by atoms with van der Waals surface area (Å²) in [6, 6.07) is 5.76. The molecule has 0 bridgehead atoms. The van der Waals surface area contributed by atoms with E-state index in [1.54, 1.807) is 0 Å². The highest BCUT2D eigenvalue weighted by Crippen LogP contribution is 2.23. The molecule has 1 aromatic rings. The summed E-state index contributed by atoms with van der Waals surface area (Å²) in [6.45, 7) is 6.15. The van der Waals surface area contributed by atoms with Crippen molar-refractivity contribution in [2.24, 2.45) is 0 Å². The van der Waals surface area contributed by atoms with Crippen LogP contribution in [-0.2, 0) is 0 Å². The van der Waals surface area contributed by atoms with Crippen LogP contribution < -0.4 is 0 Å². The van der Waals surface area contributed by atoms with Gasteiger partial charge in [0.05, 0.1) is 0 Å². The van der Waals surface area contributed by atoms with Gasteiger partial charge in [-0.3, -0.25) is 0 Å². The van der Waals surface area contributed by atoms with Gasteiger partial charge in [0.1, 0.15) is 0 Å². The Labute approximate surface area is 78.3 Å². The zero-order valence-electron chi connectivity index (χ0n) is 7.63. The van der Waals surface area contributed by atoms with Crippen molar-refractivity contribution in [3.05, 3.63) is 28.8 Å². The molecule has 0 aromatic heterocycles. The second kappa shape index (κ2) is 3.81. The largest absolute Gasteiger partial charge is 0.581 e. The topological polar surface area (TPSA) is 12.8 Å². The van der Waals surface area contributed by atoms with E-state index < -0.39 is 0 Å². The number of hydrogen-bond donors (Lipinski definition) is 0. The molecule has 1 rings (SSSR count). The molecule has 0 spiro atoms. The first-order valence-corrected chi connectivity index (χ1v) is 4.44. The van der Waals surface area contributed by atoms with Crippen molar-refractivity contribution in [2.45, 2.75) is 26.9 Å². The first-order valence-electron chi connectivity index (χ1n) is 4.06. The average Bonchev–Trinajstić information content (AvgIpc) is 1.94. The lowest BCUT2D eigenvalue weighted by molar-refractivity contribution is 0.00957. The van der Waals surface area contributed by atoms with Crippen LogP contribution in [0.1, 0.15) is 19.4 Å². The van der Waals surface area contributed by atoms with Crippen molar-refractivity contribution in [3.8, 4) is 5.75 Å². The molecule has 0 amide bonds. The van der Waals surface area contributed by atoms with Crippen molar-refractivity contribution < 1.29 is 4.74 Å². The lowest BCUT2D eigenvalue weighted by Gasteiger charge is -2.09. The van der Waals surface area contributed by atoms with E-state index in [1.165, 1.54) is 0 Å². The van der Waals surface area contributed by atoms with Crippen LogP contribution in [0.3, 0.4) is 0 Å². The summed E-state index contributed by atoms with van der Waals surface area (Å²) >= 11 is 5.81. The molecule has 0 unspecified atom stereocenters. The van der Waals surface area contributed by atoms with Gasteiger partial charge in [-0.25, -0.2) is 0 Å². The molecule has 0 aliphatic heterocycles. The van der Waals surface area contributed by atoms with Crippen molar-refractivity contribution >= 4 is 11.6 Å².